The third kappa shape index (κ3) is 8.48. The maximum absolute atomic E-state index is 12.9. The topological polar surface area (TPSA) is 132 Å². The Morgan fingerprint density at radius 2 is 1.89 bits per heavy atom. The van der Waals surface area contributed by atoms with E-state index >= 15 is 0 Å². The summed E-state index contributed by atoms with van der Waals surface area (Å²) >= 11 is 0. The molecule has 3 amide bonds. The predicted octanol–water partition coefficient (Wildman–Crippen LogP) is 1.66. The molecule has 190 valence electrons. The molecule has 1 aromatic carbocycles. The highest BCUT2D eigenvalue weighted by molar-refractivity contribution is 5.98. The number of carbonyl (C=O) groups excluding carboxylic acids is 3. The molecule has 10 nitrogen and oxygen atoms in total. The van der Waals surface area contributed by atoms with Gasteiger partial charge >= 0.3 is 0 Å². The monoisotopic (exact) mass is 484 g/mol. The predicted molar refractivity (Wildman–Crippen MR) is 132 cm³/mol. The Labute approximate surface area is 206 Å². The number of nitrogens with zero attached hydrogens (tertiary/aromatic N) is 3. The van der Waals surface area contributed by atoms with Crippen molar-refractivity contribution in [3.8, 4) is 0 Å². The van der Waals surface area contributed by atoms with Gasteiger partial charge in [0.25, 0.3) is 5.91 Å². The van der Waals surface area contributed by atoms with Gasteiger partial charge in [0.15, 0.2) is 5.82 Å². The zero-order chi connectivity index (χ0) is 25.3. The second kappa shape index (κ2) is 12.5. The Bertz CT molecular complexity index is 979. The van der Waals surface area contributed by atoms with Crippen LogP contribution in [-0.4, -0.2) is 63.4 Å². The van der Waals surface area contributed by atoms with E-state index in [9.17, 15) is 14.4 Å². The van der Waals surface area contributed by atoms with E-state index in [-0.39, 0.29) is 12.5 Å². The van der Waals surface area contributed by atoms with Crippen LogP contribution in [-0.2, 0) is 32.3 Å². The van der Waals surface area contributed by atoms with Crippen molar-refractivity contribution in [3.63, 3.8) is 0 Å². The molecule has 1 unspecified atom stereocenters. The number of imidazole rings is 1. The molecule has 1 saturated heterocycles. The van der Waals surface area contributed by atoms with Gasteiger partial charge in [-0.05, 0) is 38.7 Å². The number of nitrogens with two attached hydrogens (primary N) is 1. The van der Waals surface area contributed by atoms with Crippen molar-refractivity contribution in [2.75, 3.05) is 25.0 Å². The molecule has 1 aliphatic rings. The maximum atomic E-state index is 12.9. The van der Waals surface area contributed by atoms with Gasteiger partial charge in [-0.25, -0.2) is 4.98 Å². The van der Waals surface area contributed by atoms with Crippen LogP contribution in [0.2, 0.25) is 0 Å². The zero-order valence-electron chi connectivity index (χ0n) is 20.5. The second-order valence-electron chi connectivity index (χ2n) is 9.43. The van der Waals surface area contributed by atoms with Gasteiger partial charge < -0.3 is 30.6 Å². The lowest BCUT2D eigenvalue weighted by molar-refractivity contribution is -0.130. The highest BCUT2D eigenvalue weighted by Crippen LogP contribution is 2.11. The van der Waals surface area contributed by atoms with Crippen LogP contribution in [0.15, 0.2) is 42.9 Å². The molecule has 0 spiro atoms. The first-order valence-corrected chi connectivity index (χ1v) is 12.0. The molecule has 1 aromatic heterocycles. The lowest BCUT2D eigenvalue weighted by Gasteiger charge is -2.23. The minimum Gasteiger partial charge on any atom is -0.374 e. The van der Waals surface area contributed by atoms with Gasteiger partial charge in [0, 0.05) is 32.3 Å². The van der Waals surface area contributed by atoms with Crippen molar-refractivity contribution >= 4 is 23.5 Å². The first kappa shape index (κ1) is 26.4. The van der Waals surface area contributed by atoms with Gasteiger partial charge in [-0.3, -0.25) is 14.4 Å². The summed E-state index contributed by atoms with van der Waals surface area (Å²) in [6.07, 6.45) is 6.65. The second-order valence-corrected chi connectivity index (χ2v) is 9.43. The van der Waals surface area contributed by atoms with Gasteiger partial charge in [-0.1, -0.05) is 30.3 Å². The first-order valence-electron chi connectivity index (χ1n) is 12.0. The average Bonchev–Trinajstić information content (AvgIpc) is 3.51. The minimum atomic E-state index is -1.15. The molecule has 1 atom stereocenters. The molecule has 0 radical (unpaired) electrons. The minimum absolute atomic E-state index is 0.0259. The van der Waals surface area contributed by atoms with Crippen molar-refractivity contribution in [1.82, 2.24) is 19.8 Å². The lowest BCUT2D eigenvalue weighted by atomic mass is 10.1. The number of aryl methyl sites for hydroxylation is 1. The third-order valence-corrected chi connectivity index (χ3v) is 5.75. The number of anilines is 1. The molecule has 0 saturated carbocycles. The van der Waals surface area contributed by atoms with Crippen LogP contribution < -0.4 is 16.4 Å². The van der Waals surface area contributed by atoms with Crippen molar-refractivity contribution in [1.29, 1.82) is 0 Å². The smallest absolute Gasteiger partial charge is 0.250 e. The number of aromatic nitrogens is 2. The van der Waals surface area contributed by atoms with E-state index in [1.54, 1.807) is 26.4 Å². The van der Waals surface area contributed by atoms with Gasteiger partial charge in [-0.15, -0.1) is 0 Å². The number of hydrogen-bond acceptors (Lipinski definition) is 6. The third-order valence-electron chi connectivity index (χ3n) is 5.75. The van der Waals surface area contributed by atoms with E-state index in [4.69, 9.17) is 10.5 Å². The van der Waals surface area contributed by atoms with Crippen LogP contribution in [0.3, 0.4) is 0 Å². The molecule has 4 N–H and O–H groups in total. The summed E-state index contributed by atoms with van der Waals surface area (Å²) in [5.41, 5.74) is 5.69. The molecule has 0 bridgehead atoms. The number of benzene rings is 1. The quantitative estimate of drug-likeness (QED) is 0.420. The number of carbonyl (C=O) groups is 3. The van der Waals surface area contributed by atoms with Crippen molar-refractivity contribution < 1.29 is 19.1 Å². The van der Waals surface area contributed by atoms with Crippen molar-refractivity contribution in [2.45, 2.75) is 64.3 Å². The summed E-state index contributed by atoms with van der Waals surface area (Å²) in [6, 6.07) is 8.61. The highest BCUT2D eigenvalue weighted by Gasteiger charge is 2.28. The maximum Gasteiger partial charge on any atom is 0.250 e. The van der Waals surface area contributed by atoms with Crippen LogP contribution >= 0.6 is 0 Å². The summed E-state index contributed by atoms with van der Waals surface area (Å²) in [5.74, 6) is -0.373. The molecular formula is C25H36N6O4. The van der Waals surface area contributed by atoms with Crippen LogP contribution in [0.5, 0.6) is 0 Å². The van der Waals surface area contributed by atoms with Gasteiger partial charge in [0.2, 0.25) is 11.8 Å². The normalized spacial score (nSPS) is 14.5. The lowest BCUT2D eigenvalue weighted by Crippen LogP contribution is -2.56. The Balaban J connectivity index is 1.51. The summed E-state index contributed by atoms with van der Waals surface area (Å²) in [4.78, 5) is 43.7. The van der Waals surface area contributed by atoms with E-state index in [0.29, 0.717) is 31.8 Å². The SMILES string of the molecule is CC(C)(N)C(=O)NC(COCc1ccccc1)C(=O)Nc1cn(CCCC(=O)N2CCCC2)cn1. The number of hydrogen-bond donors (Lipinski definition) is 3. The van der Waals surface area contributed by atoms with Gasteiger partial charge in [0.1, 0.15) is 6.04 Å². The van der Waals surface area contributed by atoms with Crippen LogP contribution in [0, 0.1) is 0 Å². The Morgan fingerprint density at radius 3 is 2.57 bits per heavy atom. The van der Waals surface area contributed by atoms with Gasteiger partial charge in [0.05, 0.1) is 25.1 Å². The summed E-state index contributed by atoms with van der Waals surface area (Å²) in [6.45, 7) is 5.74. The van der Waals surface area contributed by atoms with E-state index in [1.807, 2.05) is 39.8 Å². The van der Waals surface area contributed by atoms with Crippen molar-refractivity contribution in [3.05, 3.63) is 48.4 Å². The van der Waals surface area contributed by atoms with E-state index in [2.05, 4.69) is 15.6 Å². The fourth-order valence-corrected chi connectivity index (χ4v) is 3.69. The molecule has 2 aromatic rings. The van der Waals surface area contributed by atoms with E-state index in [1.165, 1.54) is 0 Å². The Hall–Kier alpha value is -3.24. The molecule has 0 aliphatic carbocycles. The first-order chi connectivity index (χ1) is 16.7. The number of rotatable bonds is 12. The van der Waals surface area contributed by atoms with Crippen LogP contribution in [0.25, 0.3) is 0 Å². The molecule has 1 fully saturated rings. The summed E-state index contributed by atoms with van der Waals surface area (Å²) in [5, 5.41) is 5.40. The fraction of sp³-hybridized carbons (Fsp3) is 0.520. The molecule has 2 heterocycles. The van der Waals surface area contributed by atoms with E-state index in [0.717, 1.165) is 31.5 Å². The summed E-state index contributed by atoms with van der Waals surface area (Å²) < 4.78 is 7.53. The molecular weight excluding hydrogens is 448 g/mol. The molecule has 10 heteroatoms. The largest absolute Gasteiger partial charge is 0.374 e. The van der Waals surface area contributed by atoms with E-state index < -0.39 is 23.4 Å². The standard InChI is InChI=1S/C25H36N6O4/c1-25(2,26)24(34)28-20(17-35-16-19-9-4-3-5-10-19)23(33)29-21-15-30(18-27-21)12-8-11-22(32)31-13-6-7-14-31/h3-5,9-10,15,18,20H,6-8,11-14,16-17,26H2,1-2H3,(H,28,34)(H,29,33). The fourth-order valence-electron chi connectivity index (χ4n) is 3.69. The van der Waals surface area contributed by atoms with Crippen LogP contribution in [0.4, 0.5) is 5.82 Å². The van der Waals surface area contributed by atoms with Crippen molar-refractivity contribution in [2.24, 2.45) is 5.73 Å². The molecule has 1 aliphatic heterocycles. The Morgan fingerprint density at radius 1 is 1.17 bits per heavy atom. The molecule has 35 heavy (non-hydrogen) atoms. The number of likely N-dealkylation sites (tertiary alicyclic amines) is 1. The summed E-state index contributed by atoms with van der Waals surface area (Å²) in [7, 11) is 0. The number of nitrogens with one attached hydrogen (secondary N) is 2. The molecule has 3 rings (SSSR count). The van der Waals surface area contributed by atoms with Gasteiger partial charge in [-0.2, -0.15) is 0 Å². The zero-order valence-corrected chi connectivity index (χ0v) is 20.5. The van der Waals surface area contributed by atoms with Crippen LogP contribution in [0.1, 0.15) is 45.1 Å². The number of amides is 3. The highest BCUT2D eigenvalue weighted by atomic mass is 16.5. The number of ether oxygens (including phenoxy) is 1. The average molecular weight is 485 g/mol. The Kier molecular flexibility index (Phi) is 9.39.